The molecule has 2 heterocycles. The minimum Gasteiger partial charge on any atom is -0.495 e. The van der Waals surface area contributed by atoms with Gasteiger partial charge < -0.3 is 19.4 Å². The molecule has 9 heteroatoms. The highest BCUT2D eigenvalue weighted by Crippen LogP contribution is 2.36. The molecule has 4 aromatic rings. The first kappa shape index (κ1) is 22.4. The summed E-state index contributed by atoms with van der Waals surface area (Å²) >= 11 is 6.21. The molecule has 0 unspecified atom stereocenters. The van der Waals surface area contributed by atoms with Crippen LogP contribution in [0.4, 0.5) is 5.69 Å². The molecular weight excluding hydrogens is 444 g/mol. The summed E-state index contributed by atoms with van der Waals surface area (Å²) in [5, 5.41) is 8.75. The fourth-order valence-electron chi connectivity index (χ4n) is 3.89. The van der Waals surface area contributed by atoms with Crippen LogP contribution >= 0.6 is 11.6 Å². The average Bonchev–Trinajstić information content (AvgIpc) is 3.05. The van der Waals surface area contributed by atoms with Crippen LogP contribution in [0.5, 0.6) is 11.5 Å². The Kier molecular flexibility index (Phi) is 6.11. The Labute approximate surface area is 195 Å². The molecule has 0 spiro atoms. The number of carbonyl (C=O) groups excluding carboxylic acids is 1. The van der Waals surface area contributed by atoms with E-state index in [9.17, 15) is 9.59 Å². The minimum atomic E-state index is -0.294. The highest BCUT2D eigenvalue weighted by Gasteiger charge is 2.19. The van der Waals surface area contributed by atoms with Crippen molar-refractivity contribution < 1.29 is 14.3 Å². The summed E-state index contributed by atoms with van der Waals surface area (Å²) in [4.78, 5) is 26.1. The average molecular weight is 467 g/mol. The first-order chi connectivity index (χ1) is 15.8. The van der Waals surface area contributed by atoms with Gasteiger partial charge >= 0.3 is 0 Å². The van der Waals surface area contributed by atoms with E-state index in [2.05, 4.69) is 10.4 Å². The monoisotopic (exact) mass is 466 g/mol. The van der Waals surface area contributed by atoms with Gasteiger partial charge in [0.25, 0.3) is 5.56 Å². The lowest BCUT2D eigenvalue weighted by atomic mass is 10.2. The molecule has 0 aliphatic rings. The predicted molar refractivity (Wildman–Crippen MR) is 128 cm³/mol. The van der Waals surface area contributed by atoms with Gasteiger partial charge in [0.2, 0.25) is 5.91 Å². The third-order valence-corrected chi connectivity index (χ3v) is 5.89. The molecule has 0 saturated carbocycles. The summed E-state index contributed by atoms with van der Waals surface area (Å²) < 4.78 is 13.7. The van der Waals surface area contributed by atoms with Crippen LogP contribution in [-0.4, -0.2) is 34.5 Å². The van der Waals surface area contributed by atoms with Gasteiger partial charge in [-0.3, -0.25) is 9.59 Å². The van der Waals surface area contributed by atoms with Crippen LogP contribution < -0.4 is 20.3 Å². The number of methoxy groups -OCH3 is 2. The number of nitrogens with zero attached hydrogens (tertiary/aromatic N) is 3. The van der Waals surface area contributed by atoms with Gasteiger partial charge in [0.1, 0.15) is 18.0 Å². The van der Waals surface area contributed by atoms with Crippen molar-refractivity contribution in [1.29, 1.82) is 0 Å². The maximum Gasteiger partial charge on any atom is 0.281 e. The fourth-order valence-corrected chi connectivity index (χ4v) is 4.13. The Hall–Kier alpha value is -3.78. The molecule has 2 aromatic carbocycles. The Balaban J connectivity index is 1.68. The molecule has 1 amide bonds. The smallest absolute Gasteiger partial charge is 0.281 e. The second kappa shape index (κ2) is 8.99. The van der Waals surface area contributed by atoms with Crippen molar-refractivity contribution in [2.45, 2.75) is 20.4 Å². The van der Waals surface area contributed by atoms with E-state index < -0.39 is 0 Å². The molecular formula is C24H23ClN4O4. The van der Waals surface area contributed by atoms with Gasteiger partial charge in [0.15, 0.2) is 0 Å². The zero-order valence-electron chi connectivity index (χ0n) is 18.7. The summed E-state index contributed by atoms with van der Waals surface area (Å²) in [6.07, 6.45) is 1.66. The van der Waals surface area contributed by atoms with Crippen molar-refractivity contribution >= 4 is 34.0 Å². The standard InChI is InChI=1S/C24H23ClN4O4/c1-14-17-12-26-29(16-8-6-5-7-9-16)24(31)23(17)15(2)28(14)13-22(30)27-19-10-18(25)20(32-3)11-21(19)33-4/h5-12H,13H2,1-4H3,(H,27,30). The number of ether oxygens (including phenoxy) is 2. The van der Waals surface area contributed by atoms with Crippen molar-refractivity contribution in [3.8, 4) is 17.2 Å². The second-order valence-corrected chi connectivity index (χ2v) is 7.89. The number of halogens is 1. The normalized spacial score (nSPS) is 10.9. The van der Waals surface area contributed by atoms with Gasteiger partial charge in [0, 0.05) is 22.8 Å². The number of carbonyl (C=O) groups is 1. The van der Waals surface area contributed by atoms with E-state index in [4.69, 9.17) is 21.1 Å². The number of benzene rings is 2. The van der Waals surface area contributed by atoms with Gasteiger partial charge in [-0.25, -0.2) is 0 Å². The Bertz CT molecular complexity index is 1410. The summed E-state index contributed by atoms with van der Waals surface area (Å²) in [6, 6.07) is 12.4. The van der Waals surface area contributed by atoms with Crippen LogP contribution in [0.15, 0.2) is 53.5 Å². The van der Waals surface area contributed by atoms with Crippen LogP contribution in [0.1, 0.15) is 11.4 Å². The zero-order valence-corrected chi connectivity index (χ0v) is 19.4. The van der Waals surface area contributed by atoms with Gasteiger partial charge in [-0.1, -0.05) is 29.8 Å². The molecule has 0 fully saturated rings. The lowest BCUT2D eigenvalue weighted by molar-refractivity contribution is -0.116. The third kappa shape index (κ3) is 4.05. The lowest BCUT2D eigenvalue weighted by Crippen LogP contribution is -2.22. The van der Waals surface area contributed by atoms with Crippen molar-refractivity contribution in [2.24, 2.45) is 0 Å². The Morgan fingerprint density at radius 1 is 1.06 bits per heavy atom. The summed E-state index contributed by atoms with van der Waals surface area (Å²) in [5.74, 6) is 0.570. The number of aryl methyl sites for hydroxylation is 2. The molecule has 170 valence electrons. The van der Waals surface area contributed by atoms with Gasteiger partial charge in [-0.15, -0.1) is 0 Å². The van der Waals surface area contributed by atoms with Gasteiger partial charge in [0.05, 0.1) is 42.2 Å². The third-order valence-electron chi connectivity index (χ3n) is 5.59. The van der Waals surface area contributed by atoms with E-state index in [1.54, 1.807) is 22.9 Å². The fraction of sp³-hybridized carbons (Fsp3) is 0.208. The summed E-state index contributed by atoms with van der Waals surface area (Å²) in [6.45, 7) is 3.69. The van der Waals surface area contributed by atoms with E-state index in [1.807, 2.05) is 44.2 Å². The topological polar surface area (TPSA) is 87.4 Å². The Morgan fingerprint density at radius 3 is 2.42 bits per heavy atom. The number of amides is 1. The lowest BCUT2D eigenvalue weighted by Gasteiger charge is -2.14. The molecule has 4 rings (SSSR count). The first-order valence-electron chi connectivity index (χ1n) is 10.2. The molecule has 0 atom stereocenters. The van der Waals surface area contributed by atoms with Gasteiger partial charge in [-0.05, 0) is 32.0 Å². The summed E-state index contributed by atoms with van der Waals surface area (Å²) in [7, 11) is 3.00. The molecule has 33 heavy (non-hydrogen) atoms. The van der Waals surface area contributed by atoms with Crippen LogP contribution in [0, 0.1) is 13.8 Å². The van der Waals surface area contributed by atoms with Crippen LogP contribution in [0.3, 0.4) is 0 Å². The maximum atomic E-state index is 13.2. The highest BCUT2D eigenvalue weighted by atomic mass is 35.5. The van der Waals surface area contributed by atoms with E-state index in [1.165, 1.54) is 18.9 Å². The van der Waals surface area contributed by atoms with Crippen LogP contribution in [-0.2, 0) is 11.3 Å². The number of rotatable bonds is 6. The molecule has 0 saturated heterocycles. The van der Waals surface area contributed by atoms with Crippen molar-refractivity contribution in [2.75, 3.05) is 19.5 Å². The molecule has 0 aliphatic carbocycles. The van der Waals surface area contributed by atoms with E-state index in [0.29, 0.717) is 44.4 Å². The number of hydrogen-bond donors (Lipinski definition) is 1. The van der Waals surface area contributed by atoms with Crippen LogP contribution in [0.2, 0.25) is 5.02 Å². The Morgan fingerprint density at radius 2 is 1.76 bits per heavy atom. The number of fused-ring (bicyclic) bond motifs is 1. The quantitative estimate of drug-likeness (QED) is 0.462. The van der Waals surface area contributed by atoms with Crippen molar-refractivity contribution in [3.05, 3.63) is 75.4 Å². The highest BCUT2D eigenvalue weighted by molar-refractivity contribution is 6.32. The predicted octanol–water partition coefficient (Wildman–Crippen LogP) is 4.11. The number of nitrogens with one attached hydrogen (secondary N) is 1. The SMILES string of the molecule is COc1cc(OC)c(NC(=O)Cn2c(C)c3cnn(-c4ccccc4)c(=O)c3c2C)cc1Cl. The van der Waals surface area contributed by atoms with Gasteiger partial charge in [-0.2, -0.15) is 9.78 Å². The largest absolute Gasteiger partial charge is 0.495 e. The number of aromatic nitrogens is 3. The summed E-state index contributed by atoms with van der Waals surface area (Å²) in [5.41, 5.74) is 2.34. The van der Waals surface area contributed by atoms with E-state index >= 15 is 0 Å². The molecule has 2 aromatic heterocycles. The van der Waals surface area contributed by atoms with Crippen molar-refractivity contribution in [3.63, 3.8) is 0 Å². The molecule has 8 nitrogen and oxygen atoms in total. The minimum absolute atomic E-state index is 0.00390. The first-order valence-corrected chi connectivity index (χ1v) is 10.6. The molecule has 0 bridgehead atoms. The molecule has 1 N–H and O–H groups in total. The van der Waals surface area contributed by atoms with E-state index in [-0.39, 0.29) is 18.0 Å². The number of anilines is 1. The second-order valence-electron chi connectivity index (χ2n) is 7.48. The van der Waals surface area contributed by atoms with Crippen molar-refractivity contribution in [1.82, 2.24) is 14.3 Å². The molecule has 0 radical (unpaired) electrons. The number of hydrogen-bond acceptors (Lipinski definition) is 5. The maximum absolute atomic E-state index is 13.2. The van der Waals surface area contributed by atoms with Crippen LogP contribution in [0.25, 0.3) is 16.5 Å². The molecule has 0 aliphatic heterocycles. The zero-order chi connectivity index (χ0) is 23.7. The number of para-hydroxylation sites is 1. The van der Waals surface area contributed by atoms with E-state index in [0.717, 1.165) is 5.69 Å².